The van der Waals surface area contributed by atoms with Crippen LogP contribution in [0.2, 0.25) is 0 Å². The number of aliphatic hydroxyl groups excluding tert-OH is 1. The fourth-order valence-electron chi connectivity index (χ4n) is 1.39. The van der Waals surface area contributed by atoms with Crippen molar-refractivity contribution in [3.63, 3.8) is 0 Å². The van der Waals surface area contributed by atoms with Crippen molar-refractivity contribution in [2.24, 2.45) is 0 Å². The summed E-state index contributed by atoms with van der Waals surface area (Å²) in [5.41, 5.74) is 0. The van der Waals surface area contributed by atoms with Gasteiger partial charge in [0.1, 0.15) is 6.29 Å². The molecule has 78 valence electrons. The third-order valence-electron chi connectivity index (χ3n) is 2.26. The van der Waals surface area contributed by atoms with Gasteiger partial charge in [-0.25, -0.2) is 0 Å². The zero-order chi connectivity index (χ0) is 9.94. The van der Waals surface area contributed by atoms with Crippen LogP contribution >= 0.6 is 0 Å². The van der Waals surface area contributed by atoms with Crippen molar-refractivity contribution in [3.05, 3.63) is 0 Å². The molecule has 0 aromatic carbocycles. The summed E-state index contributed by atoms with van der Waals surface area (Å²) in [6.07, 6.45) is 8.88. The molecule has 0 fully saturated rings. The number of aldehydes is 1. The minimum absolute atomic E-state index is 0.301. The highest BCUT2D eigenvalue weighted by molar-refractivity contribution is 5.49. The molecule has 0 heterocycles. The Labute approximate surface area is 81.3 Å². The number of carbonyl (C=O) groups is 1. The molecule has 0 saturated heterocycles. The maximum Gasteiger partial charge on any atom is 0.122 e. The maximum atomic E-state index is 10.0. The largest absolute Gasteiger partial charge is 0.393 e. The van der Waals surface area contributed by atoms with Crippen LogP contribution < -0.4 is 0 Å². The third kappa shape index (κ3) is 9.54. The van der Waals surface area contributed by atoms with E-state index >= 15 is 0 Å². The van der Waals surface area contributed by atoms with E-state index in [-0.39, 0.29) is 0 Å². The molecule has 2 heteroatoms. The highest BCUT2D eigenvalue weighted by Gasteiger charge is 2.01. The number of aliphatic hydroxyl groups is 1. The van der Waals surface area contributed by atoms with Gasteiger partial charge in [0.15, 0.2) is 0 Å². The summed E-state index contributed by atoms with van der Waals surface area (Å²) in [4.78, 5) is 10.0. The lowest BCUT2D eigenvalue weighted by Crippen LogP contribution is -2.06. The topological polar surface area (TPSA) is 37.3 Å². The predicted octanol–water partition coefficient (Wildman–Crippen LogP) is 2.69. The summed E-state index contributed by atoms with van der Waals surface area (Å²) in [5.74, 6) is 0. The minimum atomic E-state index is -0.399. The molecule has 1 N–H and O–H groups in total. The average molecular weight is 186 g/mol. The van der Waals surface area contributed by atoms with Gasteiger partial charge in [0.05, 0.1) is 6.10 Å². The Bertz CT molecular complexity index is 113. The van der Waals surface area contributed by atoms with Gasteiger partial charge in [-0.15, -0.1) is 0 Å². The van der Waals surface area contributed by atoms with Crippen molar-refractivity contribution in [2.75, 3.05) is 0 Å². The number of hydrogen-bond donors (Lipinski definition) is 1. The fraction of sp³-hybridized carbons (Fsp3) is 0.909. The molecule has 0 aliphatic heterocycles. The second kappa shape index (κ2) is 9.72. The van der Waals surface area contributed by atoms with Crippen LogP contribution in [0.15, 0.2) is 0 Å². The Morgan fingerprint density at radius 2 is 1.77 bits per heavy atom. The molecule has 13 heavy (non-hydrogen) atoms. The van der Waals surface area contributed by atoms with E-state index in [1.807, 2.05) is 0 Å². The van der Waals surface area contributed by atoms with Gasteiger partial charge in [0.25, 0.3) is 0 Å². The zero-order valence-corrected chi connectivity index (χ0v) is 8.67. The first kappa shape index (κ1) is 12.6. The summed E-state index contributed by atoms with van der Waals surface area (Å²) in [7, 11) is 0. The van der Waals surface area contributed by atoms with Crippen LogP contribution in [0.1, 0.15) is 58.3 Å². The van der Waals surface area contributed by atoms with Crippen LogP contribution in [0.5, 0.6) is 0 Å². The summed E-state index contributed by atoms with van der Waals surface area (Å²) < 4.78 is 0. The molecule has 0 rings (SSSR count). The van der Waals surface area contributed by atoms with Gasteiger partial charge >= 0.3 is 0 Å². The lowest BCUT2D eigenvalue weighted by molar-refractivity contribution is -0.109. The molecular formula is C11H22O2. The molecule has 0 amide bonds. The Balaban J connectivity index is 3.01. The molecule has 0 saturated carbocycles. The van der Waals surface area contributed by atoms with Gasteiger partial charge in [-0.1, -0.05) is 45.4 Å². The van der Waals surface area contributed by atoms with Gasteiger partial charge < -0.3 is 9.90 Å². The van der Waals surface area contributed by atoms with Crippen molar-refractivity contribution >= 4 is 6.29 Å². The highest BCUT2D eigenvalue weighted by Crippen LogP contribution is 2.09. The molecule has 0 aliphatic carbocycles. The van der Waals surface area contributed by atoms with Crippen LogP contribution in [0, 0.1) is 0 Å². The van der Waals surface area contributed by atoms with Gasteiger partial charge in [-0.2, -0.15) is 0 Å². The van der Waals surface area contributed by atoms with E-state index in [1.165, 1.54) is 32.1 Å². The van der Waals surface area contributed by atoms with Crippen LogP contribution in [-0.2, 0) is 4.79 Å². The quantitative estimate of drug-likeness (QED) is 0.444. The van der Waals surface area contributed by atoms with Crippen LogP contribution in [0.3, 0.4) is 0 Å². The first-order valence-electron chi connectivity index (χ1n) is 5.43. The molecule has 0 aliphatic rings. The van der Waals surface area contributed by atoms with E-state index in [9.17, 15) is 9.90 Å². The number of unbranched alkanes of at least 4 members (excludes halogenated alkanes) is 5. The van der Waals surface area contributed by atoms with E-state index in [2.05, 4.69) is 6.92 Å². The van der Waals surface area contributed by atoms with Crippen LogP contribution in [0.4, 0.5) is 0 Å². The third-order valence-corrected chi connectivity index (χ3v) is 2.26. The number of carbonyl (C=O) groups excluding carboxylic acids is 1. The standard InChI is InChI=1S/C11H22O2/c1-2-3-4-5-6-7-8-11(13)9-10-12/h10-11,13H,2-9H2,1H3/t11-/m1/s1. The minimum Gasteiger partial charge on any atom is -0.393 e. The summed E-state index contributed by atoms with van der Waals surface area (Å²) in [6.45, 7) is 2.20. The van der Waals surface area contributed by atoms with E-state index in [0.29, 0.717) is 6.42 Å². The first-order valence-corrected chi connectivity index (χ1v) is 5.43. The van der Waals surface area contributed by atoms with Gasteiger partial charge in [-0.3, -0.25) is 0 Å². The van der Waals surface area contributed by atoms with Gasteiger partial charge in [-0.05, 0) is 6.42 Å². The maximum absolute atomic E-state index is 10.0. The summed E-state index contributed by atoms with van der Waals surface area (Å²) in [6, 6.07) is 0. The zero-order valence-electron chi connectivity index (χ0n) is 8.67. The van der Waals surface area contributed by atoms with Crippen molar-refractivity contribution < 1.29 is 9.90 Å². The van der Waals surface area contributed by atoms with Crippen molar-refractivity contribution in [2.45, 2.75) is 64.4 Å². The van der Waals surface area contributed by atoms with E-state index < -0.39 is 6.10 Å². The van der Waals surface area contributed by atoms with Crippen molar-refractivity contribution in [3.8, 4) is 0 Å². The molecule has 0 bridgehead atoms. The monoisotopic (exact) mass is 186 g/mol. The van der Waals surface area contributed by atoms with Gasteiger partial charge in [0, 0.05) is 6.42 Å². The normalized spacial score (nSPS) is 12.8. The van der Waals surface area contributed by atoms with Crippen LogP contribution in [0.25, 0.3) is 0 Å². The van der Waals surface area contributed by atoms with E-state index in [1.54, 1.807) is 0 Å². The predicted molar refractivity (Wildman–Crippen MR) is 54.7 cm³/mol. The molecular weight excluding hydrogens is 164 g/mol. The number of hydrogen-bond acceptors (Lipinski definition) is 2. The molecule has 1 atom stereocenters. The van der Waals surface area contributed by atoms with Gasteiger partial charge in [0.2, 0.25) is 0 Å². The lowest BCUT2D eigenvalue weighted by atomic mass is 10.1. The second-order valence-electron chi connectivity index (χ2n) is 3.61. The SMILES string of the molecule is CCCCCCCC[C@@H](O)CC=O. The molecule has 0 unspecified atom stereocenters. The summed E-state index contributed by atoms with van der Waals surface area (Å²) >= 11 is 0. The first-order chi connectivity index (χ1) is 6.31. The number of rotatable bonds is 9. The van der Waals surface area contributed by atoms with Crippen molar-refractivity contribution in [1.29, 1.82) is 0 Å². The fourth-order valence-corrected chi connectivity index (χ4v) is 1.39. The Morgan fingerprint density at radius 1 is 1.15 bits per heavy atom. The molecule has 0 radical (unpaired) electrons. The average Bonchev–Trinajstić information content (AvgIpc) is 2.11. The molecule has 0 spiro atoms. The molecule has 2 nitrogen and oxygen atoms in total. The van der Waals surface area contributed by atoms with Crippen LogP contribution in [-0.4, -0.2) is 17.5 Å². The summed E-state index contributed by atoms with van der Waals surface area (Å²) in [5, 5.41) is 9.22. The van der Waals surface area contributed by atoms with E-state index in [0.717, 1.165) is 19.1 Å². The molecule has 0 aromatic rings. The van der Waals surface area contributed by atoms with E-state index in [4.69, 9.17) is 0 Å². The lowest BCUT2D eigenvalue weighted by Gasteiger charge is -2.05. The second-order valence-corrected chi connectivity index (χ2v) is 3.61. The Hall–Kier alpha value is -0.370. The smallest absolute Gasteiger partial charge is 0.122 e. The molecule has 0 aromatic heterocycles. The Kier molecular flexibility index (Phi) is 9.44. The van der Waals surface area contributed by atoms with Crippen molar-refractivity contribution in [1.82, 2.24) is 0 Å². The highest BCUT2D eigenvalue weighted by atomic mass is 16.3. The Morgan fingerprint density at radius 3 is 2.38 bits per heavy atom.